The van der Waals surface area contributed by atoms with E-state index in [2.05, 4.69) is 12.6 Å². The molecule has 1 atom stereocenters. The summed E-state index contributed by atoms with van der Waals surface area (Å²) < 4.78 is 0. The lowest BCUT2D eigenvalue weighted by molar-refractivity contribution is 0.113. The summed E-state index contributed by atoms with van der Waals surface area (Å²) in [5, 5.41) is 17.7. The van der Waals surface area contributed by atoms with Gasteiger partial charge in [-0.15, -0.1) is 0 Å². The topological polar surface area (TPSA) is 40.5 Å². The van der Waals surface area contributed by atoms with Gasteiger partial charge in [0.05, 0.1) is 12.7 Å². The third kappa shape index (κ3) is 12.6. The Balaban J connectivity index is 2.92. The van der Waals surface area contributed by atoms with Crippen molar-refractivity contribution in [2.24, 2.45) is 0 Å². The molecule has 0 aromatic rings. The highest BCUT2D eigenvalue weighted by Gasteiger charge is 2.00. The Labute approximate surface area is 103 Å². The molecule has 2 N–H and O–H groups in total. The highest BCUT2D eigenvalue weighted by Crippen LogP contribution is 2.10. The van der Waals surface area contributed by atoms with E-state index in [1.165, 1.54) is 38.5 Å². The normalized spacial score (nSPS) is 13.0. The molecule has 0 spiro atoms. The van der Waals surface area contributed by atoms with Crippen molar-refractivity contribution >= 4 is 24.4 Å². The second kappa shape index (κ2) is 12.7. The molecule has 0 aromatic carbocycles. The van der Waals surface area contributed by atoms with Crippen LogP contribution in [0.3, 0.4) is 0 Å². The van der Waals surface area contributed by atoms with Gasteiger partial charge in [-0.2, -0.15) is 24.4 Å². The molecule has 0 rings (SSSR count). The Morgan fingerprint density at radius 1 is 1.00 bits per heavy atom. The number of hydrogen-bond acceptors (Lipinski definition) is 4. The van der Waals surface area contributed by atoms with Crippen LogP contribution in [0.25, 0.3) is 0 Å². The Hall–Kier alpha value is 0.620. The van der Waals surface area contributed by atoms with E-state index in [0.717, 1.165) is 11.5 Å². The lowest BCUT2D eigenvalue weighted by atomic mass is 10.1. The summed E-state index contributed by atoms with van der Waals surface area (Å²) in [5.74, 6) is 2.77. The van der Waals surface area contributed by atoms with E-state index < -0.39 is 6.10 Å². The zero-order valence-electron chi connectivity index (χ0n) is 9.40. The Kier molecular flexibility index (Phi) is 13.2. The molecule has 0 aromatic heterocycles. The first-order valence-electron chi connectivity index (χ1n) is 5.78. The molecule has 0 aliphatic heterocycles. The summed E-state index contributed by atoms with van der Waals surface area (Å²) in [6.07, 6.45) is 7.16. The molecule has 0 aliphatic rings. The van der Waals surface area contributed by atoms with Crippen molar-refractivity contribution in [2.45, 2.75) is 44.6 Å². The van der Waals surface area contributed by atoms with E-state index >= 15 is 0 Å². The minimum atomic E-state index is -0.537. The molecule has 0 saturated carbocycles. The molecule has 0 heterocycles. The summed E-state index contributed by atoms with van der Waals surface area (Å²) in [6.45, 7) is -0.114. The zero-order chi connectivity index (χ0) is 11.4. The predicted octanol–water partition coefficient (Wildman–Crippen LogP) is 2.34. The number of aliphatic hydroxyl groups is 2. The van der Waals surface area contributed by atoms with Gasteiger partial charge in [-0.05, 0) is 24.3 Å². The van der Waals surface area contributed by atoms with Crippen molar-refractivity contribution in [3.63, 3.8) is 0 Å². The maximum absolute atomic E-state index is 9.08. The van der Waals surface area contributed by atoms with Crippen molar-refractivity contribution in [1.29, 1.82) is 0 Å². The van der Waals surface area contributed by atoms with Crippen LogP contribution in [0.5, 0.6) is 0 Å². The van der Waals surface area contributed by atoms with Crippen molar-refractivity contribution in [2.75, 3.05) is 23.9 Å². The molecule has 92 valence electrons. The van der Waals surface area contributed by atoms with E-state index in [0.29, 0.717) is 5.75 Å². The molecular weight excluding hydrogens is 228 g/mol. The number of thiol groups is 1. The largest absolute Gasteiger partial charge is 0.394 e. The van der Waals surface area contributed by atoms with Crippen LogP contribution < -0.4 is 0 Å². The summed E-state index contributed by atoms with van der Waals surface area (Å²) in [6, 6.07) is 0. The standard InChI is InChI=1S/C11H24O2S2/c12-9-11(13)10-15-8-6-4-2-1-3-5-7-14/h11-14H,1-10H2. The number of rotatable bonds is 11. The Morgan fingerprint density at radius 3 is 2.20 bits per heavy atom. The van der Waals surface area contributed by atoms with Crippen molar-refractivity contribution in [3.8, 4) is 0 Å². The number of aliphatic hydroxyl groups excluding tert-OH is 2. The molecule has 4 heteroatoms. The van der Waals surface area contributed by atoms with Gasteiger partial charge in [0.25, 0.3) is 0 Å². The van der Waals surface area contributed by atoms with Crippen LogP contribution in [0.4, 0.5) is 0 Å². The summed E-state index contributed by atoms with van der Waals surface area (Å²) in [4.78, 5) is 0. The van der Waals surface area contributed by atoms with Gasteiger partial charge in [-0.3, -0.25) is 0 Å². The van der Waals surface area contributed by atoms with Crippen LogP contribution in [-0.2, 0) is 0 Å². The van der Waals surface area contributed by atoms with Gasteiger partial charge < -0.3 is 10.2 Å². The SMILES string of the molecule is OCC(O)CSCCCCCCCCS. The van der Waals surface area contributed by atoms with Crippen LogP contribution in [0, 0.1) is 0 Å². The summed E-state index contributed by atoms with van der Waals surface area (Å²) >= 11 is 5.90. The third-order valence-electron chi connectivity index (χ3n) is 2.22. The quantitative estimate of drug-likeness (QED) is 0.390. The van der Waals surface area contributed by atoms with Gasteiger partial charge >= 0.3 is 0 Å². The van der Waals surface area contributed by atoms with E-state index in [9.17, 15) is 0 Å². The number of unbranched alkanes of at least 4 members (excludes halogenated alkanes) is 5. The van der Waals surface area contributed by atoms with Crippen LogP contribution in [-0.4, -0.2) is 40.2 Å². The van der Waals surface area contributed by atoms with Crippen LogP contribution in [0.15, 0.2) is 0 Å². The maximum Gasteiger partial charge on any atom is 0.0861 e. The lowest BCUT2D eigenvalue weighted by Crippen LogP contribution is -2.14. The first kappa shape index (κ1) is 15.6. The van der Waals surface area contributed by atoms with Crippen molar-refractivity contribution < 1.29 is 10.2 Å². The first-order valence-corrected chi connectivity index (χ1v) is 7.57. The van der Waals surface area contributed by atoms with Gasteiger partial charge in [0.1, 0.15) is 0 Å². The average molecular weight is 252 g/mol. The monoisotopic (exact) mass is 252 g/mol. The van der Waals surface area contributed by atoms with Gasteiger partial charge in [-0.25, -0.2) is 0 Å². The van der Waals surface area contributed by atoms with Crippen LogP contribution >= 0.6 is 24.4 Å². The maximum atomic E-state index is 9.08. The molecule has 0 amide bonds. The van der Waals surface area contributed by atoms with Crippen LogP contribution in [0.2, 0.25) is 0 Å². The highest BCUT2D eigenvalue weighted by molar-refractivity contribution is 7.99. The molecule has 0 aliphatic carbocycles. The second-order valence-corrected chi connectivity index (χ2v) is 5.35. The van der Waals surface area contributed by atoms with E-state index in [-0.39, 0.29) is 6.61 Å². The minimum Gasteiger partial charge on any atom is -0.394 e. The molecule has 0 fully saturated rings. The van der Waals surface area contributed by atoms with Gasteiger partial charge in [0.15, 0.2) is 0 Å². The van der Waals surface area contributed by atoms with E-state index in [4.69, 9.17) is 10.2 Å². The zero-order valence-corrected chi connectivity index (χ0v) is 11.1. The highest BCUT2D eigenvalue weighted by atomic mass is 32.2. The fourth-order valence-corrected chi connectivity index (χ4v) is 2.47. The van der Waals surface area contributed by atoms with E-state index in [1.54, 1.807) is 11.8 Å². The van der Waals surface area contributed by atoms with Crippen LogP contribution in [0.1, 0.15) is 38.5 Å². The molecule has 15 heavy (non-hydrogen) atoms. The molecule has 2 nitrogen and oxygen atoms in total. The number of thioether (sulfide) groups is 1. The lowest BCUT2D eigenvalue weighted by Gasteiger charge is -2.06. The van der Waals surface area contributed by atoms with Gasteiger partial charge in [0, 0.05) is 5.75 Å². The van der Waals surface area contributed by atoms with Crippen molar-refractivity contribution in [1.82, 2.24) is 0 Å². The summed E-state index contributed by atoms with van der Waals surface area (Å²) in [5.41, 5.74) is 0. The number of hydrogen-bond donors (Lipinski definition) is 3. The van der Waals surface area contributed by atoms with Gasteiger partial charge in [-0.1, -0.05) is 25.7 Å². The summed E-state index contributed by atoms with van der Waals surface area (Å²) in [7, 11) is 0. The second-order valence-electron chi connectivity index (χ2n) is 3.76. The molecular formula is C11H24O2S2. The smallest absolute Gasteiger partial charge is 0.0861 e. The van der Waals surface area contributed by atoms with E-state index in [1.807, 2.05) is 0 Å². The average Bonchev–Trinajstić information content (AvgIpc) is 2.26. The molecule has 0 bridgehead atoms. The van der Waals surface area contributed by atoms with Gasteiger partial charge in [0.2, 0.25) is 0 Å². The Bertz CT molecular complexity index is 123. The molecule has 0 saturated heterocycles. The Morgan fingerprint density at radius 2 is 1.60 bits per heavy atom. The fourth-order valence-electron chi connectivity index (χ4n) is 1.30. The minimum absolute atomic E-state index is 0.114. The third-order valence-corrected chi connectivity index (χ3v) is 3.73. The van der Waals surface area contributed by atoms with Crippen molar-refractivity contribution in [3.05, 3.63) is 0 Å². The first-order chi connectivity index (χ1) is 7.31. The molecule has 0 radical (unpaired) electrons. The predicted molar refractivity (Wildman–Crippen MR) is 72.0 cm³/mol. The molecule has 1 unspecified atom stereocenters. The fraction of sp³-hybridized carbons (Fsp3) is 1.00.